The van der Waals surface area contributed by atoms with E-state index in [2.05, 4.69) is 38.6 Å². The monoisotopic (exact) mass is 383 g/mol. The van der Waals surface area contributed by atoms with Crippen LogP contribution in [-0.2, 0) is 4.79 Å². The lowest BCUT2D eigenvalue weighted by atomic mass is 9.87. The first-order valence-corrected chi connectivity index (χ1v) is 9.85. The molecule has 1 spiro atoms. The summed E-state index contributed by atoms with van der Waals surface area (Å²) < 4.78 is 0. The molecule has 1 aliphatic carbocycles. The topological polar surface area (TPSA) is 64.3 Å². The van der Waals surface area contributed by atoms with Gasteiger partial charge in [-0.2, -0.15) is 5.10 Å². The molecule has 1 aromatic heterocycles. The second-order valence-electron chi connectivity index (χ2n) is 7.50. The van der Waals surface area contributed by atoms with Gasteiger partial charge in [-0.1, -0.05) is 23.8 Å². The molecule has 2 aromatic rings. The molecule has 2 fully saturated rings. The van der Waals surface area contributed by atoms with Gasteiger partial charge < -0.3 is 4.90 Å². The van der Waals surface area contributed by atoms with E-state index < -0.39 is 5.54 Å². The van der Waals surface area contributed by atoms with Gasteiger partial charge in [0.05, 0.1) is 18.4 Å². The van der Waals surface area contributed by atoms with Crippen LogP contribution in [0.2, 0.25) is 5.02 Å². The number of piperidine rings is 1. The number of fused-ring (bicyclic) bond motifs is 1. The molecule has 1 amide bonds. The Labute approximate surface area is 162 Å². The minimum atomic E-state index is -0.448. The molecule has 2 aliphatic heterocycles. The normalized spacial score (nSPS) is 22.1. The van der Waals surface area contributed by atoms with Gasteiger partial charge in [0.25, 0.3) is 0 Å². The Morgan fingerprint density at radius 2 is 2.04 bits per heavy atom. The van der Waals surface area contributed by atoms with Crippen molar-refractivity contribution in [2.45, 2.75) is 31.2 Å². The Kier molecular flexibility index (Phi) is 3.98. The van der Waals surface area contributed by atoms with Gasteiger partial charge >= 0.3 is 0 Å². The van der Waals surface area contributed by atoms with Crippen molar-refractivity contribution >= 4 is 34.1 Å². The molecule has 3 aliphatic rings. The maximum absolute atomic E-state index is 13.2. The Bertz CT molecular complexity index is 954. The minimum absolute atomic E-state index is 0.208. The fourth-order valence-electron chi connectivity index (χ4n) is 4.42. The number of anilines is 1. The maximum Gasteiger partial charge on any atom is 0.248 e. The van der Waals surface area contributed by atoms with Gasteiger partial charge in [-0.25, -0.2) is 0 Å². The maximum atomic E-state index is 13.2. The third-order valence-corrected chi connectivity index (χ3v) is 6.19. The molecule has 140 valence electrons. The van der Waals surface area contributed by atoms with Crippen LogP contribution in [0.15, 0.2) is 42.3 Å². The fourth-order valence-corrected chi connectivity index (χ4v) is 4.64. The van der Waals surface area contributed by atoms with Crippen LogP contribution in [0.25, 0.3) is 10.9 Å². The van der Waals surface area contributed by atoms with E-state index in [-0.39, 0.29) is 5.91 Å². The largest absolute Gasteiger partial charge is 0.371 e. The number of carbonyl (C=O) groups excluding carboxylic acids is 1. The molecule has 2 saturated heterocycles. The molecule has 27 heavy (non-hydrogen) atoms. The van der Waals surface area contributed by atoms with Crippen molar-refractivity contribution in [2.75, 3.05) is 24.7 Å². The van der Waals surface area contributed by atoms with Crippen molar-refractivity contribution in [3.8, 4) is 0 Å². The number of rotatable bonds is 2. The zero-order chi connectivity index (χ0) is 18.4. The first kappa shape index (κ1) is 16.8. The summed E-state index contributed by atoms with van der Waals surface area (Å²) in [5, 5.41) is 12.4. The van der Waals surface area contributed by atoms with E-state index in [1.807, 2.05) is 23.2 Å². The highest BCUT2D eigenvalue weighted by Gasteiger charge is 2.48. The summed E-state index contributed by atoms with van der Waals surface area (Å²) in [5.74, 6) is 0.208. The predicted octanol–water partition coefficient (Wildman–Crippen LogP) is 3.18. The lowest BCUT2D eigenvalue weighted by Gasteiger charge is -2.39. The van der Waals surface area contributed by atoms with Gasteiger partial charge in [0, 0.05) is 34.9 Å². The van der Waals surface area contributed by atoms with E-state index in [4.69, 9.17) is 11.6 Å². The number of carbonyl (C=O) groups is 1. The Morgan fingerprint density at radius 3 is 2.81 bits per heavy atom. The fraction of sp³-hybridized carbons (Fsp3) is 0.400. The second-order valence-corrected chi connectivity index (χ2v) is 7.94. The van der Waals surface area contributed by atoms with Crippen molar-refractivity contribution in [1.82, 2.24) is 20.4 Å². The lowest BCUT2D eigenvalue weighted by Crippen LogP contribution is -2.54. The number of H-pyrrole nitrogens is 1. The number of amides is 1. The zero-order valence-electron chi connectivity index (χ0n) is 15.0. The Morgan fingerprint density at radius 1 is 1.19 bits per heavy atom. The van der Waals surface area contributed by atoms with Crippen molar-refractivity contribution in [1.29, 1.82) is 0 Å². The molecule has 0 bridgehead atoms. The minimum Gasteiger partial charge on any atom is -0.371 e. The Balaban J connectivity index is 1.35. The number of nitrogens with one attached hydrogen (secondary N) is 2. The van der Waals surface area contributed by atoms with Crippen LogP contribution in [0.1, 0.15) is 25.7 Å². The van der Waals surface area contributed by atoms with Crippen LogP contribution in [0, 0.1) is 0 Å². The van der Waals surface area contributed by atoms with Crippen LogP contribution < -0.4 is 10.2 Å². The van der Waals surface area contributed by atoms with Crippen LogP contribution in [0.3, 0.4) is 0 Å². The van der Waals surface area contributed by atoms with Crippen molar-refractivity contribution in [3.63, 3.8) is 0 Å². The SMILES string of the molecule is O=C1N(C2=CCCC=C2)CNC12CCN(c1cc(Cl)cc3[nH]ncc13)CC2. The highest BCUT2D eigenvalue weighted by atomic mass is 35.5. The van der Waals surface area contributed by atoms with Gasteiger partial charge in [0.15, 0.2) is 0 Å². The number of hydrogen-bond acceptors (Lipinski definition) is 4. The first-order valence-electron chi connectivity index (χ1n) is 9.48. The number of halogens is 1. The van der Waals surface area contributed by atoms with Gasteiger partial charge in [-0.3, -0.25) is 20.1 Å². The van der Waals surface area contributed by atoms with Gasteiger partial charge in [-0.05, 0) is 43.9 Å². The second kappa shape index (κ2) is 6.39. The van der Waals surface area contributed by atoms with Crippen molar-refractivity contribution in [2.24, 2.45) is 0 Å². The smallest absolute Gasteiger partial charge is 0.248 e. The third kappa shape index (κ3) is 2.75. The number of hydrogen-bond donors (Lipinski definition) is 2. The van der Waals surface area contributed by atoms with E-state index in [1.54, 1.807) is 0 Å². The molecule has 1 aromatic carbocycles. The standard InChI is InChI=1S/C20H22ClN5O/c21-14-10-17-16(12-23-24-17)18(11-14)25-8-6-20(7-9-25)19(27)26(13-22-20)15-4-2-1-3-5-15/h2,4-5,10-12,22H,1,3,6-9,13H2,(H,23,24). The summed E-state index contributed by atoms with van der Waals surface area (Å²) >= 11 is 6.29. The summed E-state index contributed by atoms with van der Waals surface area (Å²) in [6, 6.07) is 3.88. The molecule has 0 unspecified atom stereocenters. The van der Waals surface area contributed by atoms with E-state index in [1.165, 1.54) is 0 Å². The van der Waals surface area contributed by atoms with Crippen LogP contribution >= 0.6 is 11.6 Å². The highest BCUT2D eigenvalue weighted by Crippen LogP contribution is 2.36. The van der Waals surface area contributed by atoms with Crippen LogP contribution in [-0.4, -0.2) is 46.3 Å². The molecule has 0 atom stereocenters. The molecular formula is C20H22ClN5O. The number of allylic oxidation sites excluding steroid dienone is 3. The summed E-state index contributed by atoms with van der Waals surface area (Å²) in [5.41, 5.74) is 2.61. The molecule has 2 N–H and O–H groups in total. The highest BCUT2D eigenvalue weighted by molar-refractivity contribution is 6.31. The number of benzene rings is 1. The average molecular weight is 384 g/mol. The van der Waals surface area contributed by atoms with E-state index in [9.17, 15) is 4.79 Å². The van der Waals surface area contributed by atoms with Crippen LogP contribution in [0.5, 0.6) is 0 Å². The molecule has 0 saturated carbocycles. The third-order valence-electron chi connectivity index (χ3n) is 5.98. The van der Waals surface area contributed by atoms with Crippen molar-refractivity contribution < 1.29 is 4.79 Å². The van der Waals surface area contributed by atoms with Crippen molar-refractivity contribution in [3.05, 3.63) is 47.3 Å². The summed E-state index contributed by atoms with van der Waals surface area (Å²) in [4.78, 5) is 17.4. The lowest BCUT2D eigenvalue weighted by molar-refractivity contribution is -0.131. The molecule has 5 rings (SSSR count). The average Bonchev–Trinajstić information content (AvgIpc) is 3.28. The van der Waals surface area contributed by atoms with Gasteiger partial charge in [-0.15, -0.1) is 0 Å². The molecule has 6 nitrogen and oxygen atoms in total. The number of aromatic amines is 1. The van der Waals surface area contributed by atoms with E-state index in [0.29, 0.717) is 11.7 Å². The predicted molar refractivity (Wildman–Crippen MR) is 107 cm³/mol. The Hall–Kier alpha value is -2.31. The first-order chi connectivity index (χ1) is 13.2. The van der Waals surface area contributed by atoms with E-state index in [0.717, 1.165) is 61.1 Å². The van der Waals surface area contributed by atoms with E-state index >= 15 is 0 Å². The molecule has 0 radical (unpaired) electrons. The number of nitrogens with zero attached hydrogens (tertiary/aromatic N) is 3. The summed E-state index contributed by atoms with van der Waals surface area (Å²) in [7, 11) is 0. The van der Waals surface area contributed by atoms with Gasteiger partial charge in [0.2, 0.25) is 5.91 Å². The summed E-state index contributed by atoms with van der Waals surface area (Å²) in [6.45, 7) is 2.21. The van der Waals surface area contributed by atoms with Gasteiger partial charge in [0.1, 0.15) is 5.54 Å². The zero-order valence-corrected chi connectivity index (χ0v) is 15.8. The van der Waals surface area contributed by atoms with Crippen LogP contribution in [0.4, 0.5) is 5.69 Å². The molecule has 3 heterocycles. The quantitative estimate of drug-likeness (QED) is 0.836. The molecular weight excluding hydrogens is 362 g/mol. The molecule has 7 heteroatoms. The summed E-state index contributed by atoms with van der Waals surface area (Å²) in [6.07, 6.45) is 11.8. The number of aromatic nitrogens is 2.